The molecule has 1 aromatic rings. The molecule has 1 amide bonds. The van der Waals surface area contributed by atoms with Crippen molar-refractivity contribution in [2.75, 3.05) is 18.5 Å². The summed E-state index contributed by atoms with van der Waals surface area (Å²) in [7, 11) is 0. The summed E-state index contributed by atoms with van der Waals surface area (Å²) in [6.07, 6.45) is 3.70. The van der Waals surface area contributed by atoms with Crippen molar-refractivity contribution in [2.24, 2.45) is 0 Å². The van der Waals surface area contributed by atoms with Crippen LogP contribution in [-0.2, 0) is 9.53 Å². The predicted octanol–water partition coefficient (Wildman–Crippen LogP) is 4.71. The number of benzene rings is 1. The smallest absolute Gasteiger partial charge is 0.256 e. The van der Waals surface area contributed by atoms with Gasteiger partial charge in [-0.05, 0) is 57.4 Å². The quantitative estimate of drug-likeness (QED) is 0.679. The highest BCUT2D eigenvalue weighted by Gasteiger charge is 2.33. The molecule has 1 aromatic carbocycles. The standard InChI is InChI=1S/C19H31NO3/c1-6-9-12-19(5,23-8-3)18(21)20-16-10-11-17(15(4)14-16)22-13-7-2/h10-11,14H,6-9,12-13H2,1-5H3,(H,20,21)/t19-/m1/s1. The number of hydrogen-bond acceptors (Lipinski definition) is 3. The van der Waals surface area contributed by atoms with Crippen LogP contribution in [0.1, 0.15) is 58.9 Å². The maximum absolute atomic E-state index is 12.6. The highest BCUT2D eigenvalue weighted by Crippen LogP contribution is 2.25. The molecule has 0 bridgehead atoms. The minimum atomic E-state index is -0.782. The normalized spacial score (nSPS) is 13.4. The molecule has 4 heteroatoms. The second-order valence-electron chi connectivity index (χ2n) is 6.05. The zero-order chi connectivity index (χ0) is 17.3. The second-order valence-corrected chi connectivity index (χ2v) is 6.05. The zero-order valence-corrected chi connectivity index (χ0v) is 15.2. The van der Waals surface area contributed by atoms with Crippen molar-refractivity contribution in [2.45, 2.75) is 65.9 Å². The van der Waals surface area contributed by atoms with E-state index in [4.69, 9.17) is 9.47 Å². The zero-order valence-electron chi connectivity index (χ0n) is 15.2. The van der Waals surface area contributed by atoms with Crippen LogP contribution in [0.15, 0.2) is 18.2 Å². The number of hydrogen-bond donors (Lipinski definition) is 1. The van der Waals surface area contributed by atoms with Crippen LogP contribution in [0.5, 0.6) is 5.75 Å². The molecular weight excluding hydrogens is 290 g/mol. The molecule has 0 radical (unpaired) electrons. The van der Waals surface area contributed by atoms with Gasteiger partial charge in [-0.1, -0.05) is 26.7 Å². The minimum absolute atomic E-state index is 0.0885. The molecule has 0 saturated carbocycles. The number of anilines is 1. The van der Waals surface area contributed by atoms with Crippen LogP contribution in [0.25, 0.3) is 0 Å². The maximum atomic E-state index is 12.6. The lowest BCUT2D eigenvalue weighted by Crippen LogP contribution is -2.42. The molecule has 0 unspecified atom stereocenters. The van der Waals surface area contributed by atoms with E-state index in [9.17, 15) is 4.79 Å². The van der Waals surface area contributed by atoms with Crippen LogP contribution in [0.3, 0.4) is 0 Å². The van der Waals surface area contributed by atoms with Crippen molar-refractivity contribution < 1.29 is 14.3 Å². The van der Waals surface area contributed by atoms with E-state index >= 15 is 0 Å². The summed E-state index contributed by atoms with van der Waals surface area (Å²) in [6.45, 7) is 11.2. The fourth-order valence-corrected chi connectivity index (χ4v) is 2.45. The van der Waals surface area contributed by atoms with Gasteiger partial charge in [-0.25, -0.2) is 0 Å². The first kappa shape index (κ1) is 19.5. The Bertz CT molecular complexity index is 501. The van der Waals surface area contributed by atoms with E-state index in [-0.39, 0.29) is 5.91 Å². The molecule has 130 valence electrons. The summed E-state index contributed by atoms with van der Waals surface area (Å²) in [5, 5.41) is 2.98. The summed E-state index contributed by atoms with van der Waals surface area (Å²) < 4.78 is 11.4. The molecule has 4 nitrogen and oxygen atoms in total. The first-order valence-corrected chi connectivity index (χ1v) is 8.65. The highest BCUT2D eigenvalue weighted by molar-refractivity contribution is 5.97. The lowest BCUT2D eigenvalue weighted by atomic mass is 9.97. The largest absolute Gasteiger partial charge is 0.493 e. The Morgan fingerprint density at radius 1 is 1.22 bits per heavy atom. The molecule has 0 heterocycles. The Hall–Kier alpha value is -1.55. The highest BCUT2D eigenvalue weighted by atomic mass is 16.5. The van der Waals surface area contributed by atoms with Crippen molar-refractivity contribution in [3.05, 3.63) is 23.8 Å². The second kappa shape index (κ2) is 9.56. The van der Waals surface area contributed by atoms with Crippen LogP contribution in [0.4, 0.5) is 5.69 Å². The van der Waals surface area contributed by atoms with Crippen molar-refractivity contribution >= 4 is 11.6 Å². The third kappa shape index (κ3) is 5.87. The van der Waals surface area contributed by atoms with Gasteiger partial charge in [0.2, 0.25) is 0 Å². The van der Waals surface area contributed by atoms with E-state index < -0.39 is 5.60 Å². The number of rotatable bonds is 10. The van der Waals surface area contributed by atoms with E-state index in [0.29, 0.717) is 13.2 Å². The van der Waals surface area contributed by atoms with Gasteiger partial charge in [0.1, 0.15) is 11.4 Å². The SMILES string of the molecule is CCCC[C@@](C)(OCC)C(=O)Nc1ccc(OCCC)c(C)c1. The van der Waals surface area contributed by atoms with Crippen LogP contribution in [0, 0.1) is 6.92 Å². The van der Waals surface area contributed by atoms with Gasteiger partial charge in [-0.2, -0.15) is 0 Å². The molecule has 0 aliphatic rings. The van der Waals surface area contributed by atoms with Gasteiger partial charge in [-0.15, -0.1) is 0 Å². The number of unbranched alkanes of at least 4 members (excludes halogenated alkanes) is 1. The molecular formula is C19H31NO3. The number of nitrogens with one attached hydrogen (secondary N) is 1. The van der Waals surface area contributed by atoms with Gasteiger partial charge in [0, 0.05) is 12.3 Å². The third-order valence-electron chi connectivity index (χ3n) is 3.85. The molecule has 0 spiro atoms. The number of ether oxygens (including phenoxy) is 2. The maximum Gasteiger partial charge on any atom is 0.256 e. The van der Waals surface area contributed by atoms with E-state index in [1.807, 2.05) is 39.0 Å². The first-order valence-electron chi connectivity index (χ1n) is 8.65. The average molecular weight is 321 g/mol. The van der Waals surface area contributed by atoms with Gasteiger partial charge < -0.3 is 14.8 Å². The Kier molecular flexibility index (Phi) is 8.10. The van der Waals surface area contributed by atoms with E-state index in [0.717, 1.165) is 42.7 Å². The topological polar surface area (TPSA) is 47.6 Å². The number of carbonyl (C=O) groups is 1. The molecule has 0 aliphatic carbocycles. The lowest BCUT2D eigenvalue weighted by Gasteiger charge is -2.28. The summed E-state index contributed by atoms with van der Waals surface area (Å²) >= 11 is 0. The average Bonchev–Trinajstić information content (AvgIpc) is 2.52. The number of amides is 1. The van der Waals surface area contributed by atoms with E-state index in [1.54, 1.807) is 0 Å². The fourth-order valence-electron chi connectivity index (χ4n) is 2.45. The molecule has 23 heavy (non-hydrogen) atoms. The molecule has 1 rings (SSSR count). The first-order chi connectivity index (χ1) is 11.0. The summed E-state index contributed by atoms with van der Waals surface area (Å²) in [5.41, 5.74) is 1.01. The number of aryl methyl sites for hydroxylation is 1. The van der Waals surface area contributed by atoms with Crippen LogP contribution >= 0.6 is 0 Å². The number of carbonyl (C=O) groups excluding carboxylic acids is 1. The molecule has 1 atom stereocenters. The van der Waals surface area contributed by atoms with Crippen LogP contribution < -0.4 is 10.1 Å². The minimum Gasteiger partial charge on any atom is -0.493 e. The van der Waals surface area contributed by atoms with Gasteiger partial charge in [0.25, 0.3) is 5.91 Å². The molecule has 0 aromatic heterocycles. The third-order valence-corrected chi connectivity index (χ3v) is 3.85. The molecule has 0 aliphatic heterocycles. The predicted molar refractivity (Wildman–Crippen MR) is 95.2 cm³/mol. The Balaban J connectivity index is 2.79. The Morgan fingerprint density at radius 3 is 2.52 bits per heavy atom. The van der Waals surface area contributed by atoms with Crippen molar-refractivity contribution in [1.29, 1.82) is 0 Å². The van der Waals surface area contributed by atoms with Gasteiger partial charge in [0.05, 0.1) is 6.61 Å². The lowest BCUT2D eigenvalue weighted by molar-refractivity contribution is -0.139. The van der Waals surface area contributed by atoms with E-state index in [2.05, 4.69) is 19.2 Å². The van der Waals surface area contributed by atoms with Crippen molar-refractivity contribution in [3.8, 4) is 5.75 Å². The van der Waals surface area contributed by atoms with Crippen molar-refractivity contribution in [1.82, 2.24) is 0 Å². The summed E-state index contributed by atoms with van der Waals surface area (Å²) in [4.78, 5) is 12.6. The van der Waals surface area contributed by atoms with Crippen LogP contribution in [0.2, 0.25) is 0 Å². The fraction of sp³-hybridized carbons (Fsp3) is 0.632. The Morgan fingerprint density at radius 2 is 1.96 bits per heavy atom. The molecule has 1 N–H and O–H groups in total. The van der Waals surface area contributed by atoms with Gasteiger partial charge in [-0.3, -0.25) is 4.79 Å². The molecule has 0 saturated heterocycles. The molecule has 0 fully saturated rings. The summed E-state index contributed by atoms with van der Waals surface area (Å²) in [6, 6.07) is 5.72. The van der Waals surface area contributed by atoms with Gasteiger partial charge >= 0.3 is 0 Å². The Labute approximate surface area is 140 Å². The summed E-state index contributed by atoms with van der Waals surface area (Å²) in [5.74, 6) is 0.776. The van der Waals surface area contributed by atoms with E-state index in [1.165, 1.54) is 0 Å². The van der Waals surface area contributed by atoms with Gasteiger partial charge in [0.15, 0.2) is 0 Å². The van der Waals surface area contributed by atoms with Crippen LogP contribution in [-0.4, -0.2) is 24.7 Å². The van der Waals surface area contributed by atoms with Crippen molar-refractivity contribution in [3.63, 3.8) is 0 Å². The monoisotopic (exact) mass is 321 g/mol.